The van der Waals surface area contributed by atoms with Gasteiger partial charge in [-0.3, -0.25) is 9.59 Å². The molecule has 0 aromatic carbocycles. The van der Waals surface area contributed by atoms with Crippen LogP contribution in [0.4, 0.5) is 0 Å². The van der Waals surface area contributed by atoms with E-state index >= 15 is 0 Å². The van der Waals surface area contributed by atoms with Crippen LogP contribution in [0.15, 0.2) is 0 Å². The van der Waals surface area contributed by atoms with Crippen molar-refractivity contribution in [3.63, 3.8) is 0 Å². The summed E-state index contributed by atoms with van der Waals surface area (Å²) in [6.45, 7) is 10.1. The molecular formula is C21H34O6. The summed E-state index contributed by atoms with van der Waals surface area (Å²) in [6, 6.07) is 0. The van der Waals surface area contributed by atoms with Crippen molar-refractivity contribution in [2.24, 2.45) is 11.8 Å². The minimum absolute atomic E-state index is 0.0811. The Morgan fingerprint density at radius 1 is 0.889 bits per heavy atom. The van der Waals surface area contributed by atoms with Gasteiger partial charge >= 0.3 is 11.9 Å². The molecule has 27 heavy (non-hydrogen) atoms. The van der Waals surface area contributed by atoms with Crippen LogP contribution in [0.5, 0.6) is 0 Å². The van der Waals surface area contributed by atoms with Gasteiger partial charge in [-0.15, -0.1) is 0 Å². The summed E-state index contributed by atoms with van der Waals surface area (Å²) >= 11 is 0. The molecule has 0 N–H and O–H groups in total. The fourth-order valence-corrected chi connectivity index (χ4v) is 4.64. The van der Waals surface area contributed by atoms with E-state index in [9.17, 15) is 9.59 Å². The Balaban J connectivity index is 1.49. The smallest absolute Gasteiger partial charge is 0.309 e. The van der Waals surface area contributed by atoms with Gasteiger partial charge in [-0.25, -0.2) is 0 Å². The molecule has 2 aliphatic heterocycles. The third-order valence-corrected chi connectivity index (χ3v) is 5.76. The van der Waals surface area contributed by atoms with Crippen LogP contribution in [0.1, 0.15) is 73.1 Å². The fraction of sp³-hybridized carbons (Fsp3) is 0.905. The van der Waals surface area contributed by atoms with Crippen LogP contribution in [0.25, 0.3) is 0 Å². The number of carbonyl (C=O) groups is 2. The lowest BCUT2D eigenvalue weighted by molar-refractivity contribution is -0.178. The fourth-order valence-electron chi connectivity index (χ4n) is 4.64. The van der Waals surface area contributed by atoms with Crippen LogP contribution in [0.2, 0.25) is 0 Å². The lowest BCUT2D eigenvalue weighted by Crippen LogP contribution is -2.43. The van der Waals surface area contributed by atoms with Crippen molar-refractivity contribution in [3.05, 3.63) is 0 Å². The van der Waals surface area contributed by atoms with Crippen molar-refractivity contribution in [1.82, 2.24) is 0 Å². The highest BCUT2D eigenvalue weighted by atomic mass is 16.6. The Morgan fingerprint density at radius 2 is 1.48 bits per heavy atom. The van der Waals surface area contributed by atoms with E-state index in [2.05, 4.69) is 0 Å². The Morgan fingerprint density at radius 3 is 2.04 bits per heavy atom. The molecule has 1 saturated carbocycles. The zero-order chi connectivity index (χ0) is 19.8. The Kier molecular flexibility index (Phi) is 5.88. The topological polar surface area (TPSA) is 74.4 Å². The van der Waals surface area contributed by atoms with Crippen molar-refractivity contribution in [1.29, 1.82) is 0 Å². The van der Waals surface area contributed by atoms with Gasteiger partial charge in [-0.05, 0) is 66.7 Å². The third-order valence-electron chi connectivity index (χ3n) is 5.76. The molecule has 6 heteroatoms. The van der Waals surface area contributed by atoms with Crippen LogP contribution < -0.4 is 0 Å². The second-order valence-corrected chi connectivity index (χ2v) is 9.66. The summed E-state index contributed by atoms with van der Waals surface area (Å²) < 4.78 is 22.6. The summed E-state index contributed by atoms with van der Waals surface area (Å²) in [6.07, 6.45) is 5.08. The number of hydrogen-bond acceptors (Lipinski definition) is 6. The van der Waals surface area contributed by atoms with Crippen molar-refractivity contribution in [3.8, 4) is 0 Å². The van der Waals surface area contributed by atoms with E-state index in [1.807, 2.05) is 34.6 Å². The molecule has 3 rings (SSSR count). The first-order chi connectivity index (χ1) is 12.5. The van der Waals surface area contributed by atoms with Crippen molar-refractivity contribution in [2.75, 3.05) is 6.61 Å². The number of hydrogen-bond donors (Lipinski definition) is 0. The van der Waals surface area contributed by atoms with Gasteiger partial charge in [0.1, 0.15) is 11.2 Å². The van der Waals surface area contributed by atoms with Crippen LogP contribution in [0.3, 0.4) is 0 Å². The van der Waals surface area contributed by atoms with Gasteiger partial charge in [0.05, 0.1) is 30.1 Å². The molecule has 154 valence electrons. The zero-order valence-corrected chi connectivity index (χ0v) is 17.3. The maximum atomic E-state index is 12.6. The predicted molar refractivity (Wildman–Crippen MR) is 99.1 cm³/mol. The van der Waals surface area contributed by atoms with E-state index in [0.29, 0.717) is 32.0 Å². The number of ether oxygens (including phenoxy) is 4. The molecule has 0 bridgehead atoms. The van der Waals surface area contributed by atoms with Gasteiger partial charge in [0, 0.05) is 13.0 Å². The standard InChI is InChI=1S/C21H34O6/c1-13-10-15(8-9-24-13)19(23)27-21(4,5)12-20(2,3)26-18(22)14-6-7-16-17(11-14)25-16/h13-17H,6-12H2,1-5H3. The molecule has 0 amide bonds. The molecule has 5 unspecified atom stereocenters. The van der Waals surface area contributed by atoms with E-state index < -0.39 is 11.2 Å². The molecule has 0 radical (unpaired) electrons. The Bertz CT molecular complexity index is 539. The molecule has 2 heterocycles. The minimum Gasteiger partial charge on any atom is -0.459 e. The van der Waals surface area contributed by atoms with Crippen molar-refractivity contribution >= 4 is 11.9 Å². The van der Waals surface area contributed by atoms with E-state index in [-0.39, 0.29) is 36.0 Å². The number of carbonyl (C=O) groups excluding carboxylic acids is 2. The normalized spacial score (nSPS) is 33.7. The van der Waals surface area contributed by atoms with Crippen LogP contribution in [-0.2, 0) is 28.5 Å². The summed E-state index contributed by atoms with van der Waals surface area (Å²) in [5.41, 5.74) is -1.41. The highest BCUT2D eigenvalue weighted by Crippen LogP contribution is 2.40. The second kappa shape index (κ2) is 7.70. The average Bonchev–Trinajstić information content (AvgIpc) is 3.31. The van der Waals surface area contributed by atoms with Crippen LogP contribution in [-0.4, -0.2) is 48.1 Å². The largest absolute Gasteiger partial charge is 0.459 e. The molecule has 5 atom stereocenters. The van der Waals surface area contributed by atoms with Gasteiger partial charge < -0.3 is 18.9 Å². The minimum atomic E-state index is -0.709. The van der Waals surface area contributed by atoms with E-state index in [1.165, 1.54) is 0 Å². The quantitative estimate of drug-likeness (QED) is 0.518. The number of fused-ring (bicyclic) bond motifs is 1. The second-order valence-electron chi connectivity index (χ2n) is 9.66. The monoisotopic (exact) mass is 382 g/mol. The number of rotatable bonds is 6. The predicted octanol–water partition coefficient (Wildman–Crippen LogP) is 3.40. The molecule has 1 aliphatic carbocycles. The molecular weight excluding hydrogens is 348 g/mol. The first kappa shape index (κ1) is 20.6. The highest BCUT2D eigenvalue weighted by Gasteiger charge is 2.47. The third kappa shape index (κ3) is 5.67. The Hall–Kier alpha value is -1.14. The molecule has 0 aromatic heterocycles. The van der Waals surface area contributed by atoms with Gasteiger partial charge in [-0.1, -0.05) is 0 Å². The average molecular weight is 382 g/mol. The van der Waals surface area contributed by atoms with Crippen LogP contribution in [0, 0.1) is 11.8 Å². The van der Waals surface area contributed by atoms with Gasteiger partial charge in [0.15, 0.2) is 0 Å². The van der Waals surface area contributed by atoms with Gasteiger partial charge in [0.2, 0.25) is 0 Å². The first-order valence-corrected chi connectivity index (χ1v) is 10.3. The van der Waals surface area contributed by atoms with Gasteiger partial charge in [0.25, 0.3) is 0 Å². The Labute approximate surface area is 162 Å². The maximum absolute atomic E-state index is 12.6. The SMILES string of the molecule is CC1CC(C(=O)OC(C)(C)CC(C)(C)OC(=O)C2CCC3OC3C2)CCO1. The number of esters is 2. The molecule has 0 aromatic rings. The molecule has 0 spiro atoms. The lowest BCUT2D eigenvalue weighted by Gasteiger charge is -2.36. The van der Waals surface area contributed by atoms with Crippen molar-refractivity contribution < 1.29 is 28.5 Å². The summed E-state index contributed by atoms with van der Waals surface area (Å²) in [7, 11) is 0. The van der Waals surface area contributed by atoms with E-state index in [0.717, 1.165) is 19.3 Å². The zero-order valence-electron chi connectivity index (χ0n) is 17.3. The van der Waals surface area contributed by atoms with E-state index in [4.69, 9.17) is 18.9 Å². The van der Waals surface area contributed by atoms with Gasteiger partial charge in [-0.2, -0.15) is 0 Å². The summed E-state index contributed by atoms with van der Waals surface area (Å²) in [5.74, 6) is -0.536. The lowest BCUT2D eigenvalue weighted by atomic mass is 9.88. The van der Waals surface area contributed by atoms with Crippen LogP contribution >= 0.6 is 0 Å². The molecule has 3 aliphatic rings. The molecule has 3 fully saturated rings. The first-order valence-electron chi connectivity index (χ1n) is 10.3. The summed E-state index contributed by atoms with van der Waals surface area (Å²) in [4.78, 5) is 25.1. The number of epoxide rings is 1. The molecule has 2 saturated heterocycles. The van der Waals surface area contributed by atoms with Crippen molar-refractivity contribution in [2.45, 2.75) is 103 Å². The van der Waals surface area contributed by atoms with E-state index in [1.54, 1.807) is 0 Å². The summed E-state index contributed by atoms with van der Waals surface area (Å²) in [5, 5.41) is 0. The highest BCUT2D eigenvalue weighted by molar-refractivity contribution is 5.74. The molecule has 6 nitrogen and oxygen atoms in total. The maximum Gasteiger partial charge on any atom is 0.309 e.